The molecule has 0 aromatic rings. The third-order valence-corrected chi connectivity index (χ3v) is 2.16. The molecule has 0 saturated carbocycles. The predicted molar refractivity (Wildman–Crippen MR) is 52.1 cm³/mol. The van der Waals surface area contributed by atoms with Crippen LogP contribution < -0.4 is 10.6 Å². The van der Waals surface area contributed by atoms with E-state index < -0.39 is 0 Å². The number of nitrogens with zero attached hydrogens (tertiary/aromatic N) is 1. The molecule has 1 atom stereocenters. The van der Waals surface area contributed by atoms with Crippen molar-refractivity contribution in [3.05, 3.63) is 12.3 Å². The Morgan fingerprint density at radius 2 is 2.57 bits per heavy atom. The third kappa shape index (κ3) is 2.25. The van der Waals surface area contributed by atoms with Gasteiger partial charge in [0.1, 0.15) is 11.9 Å². The van der Waals surface area contributed by atoms with Gasteiger partial charge in [-0.05, 0) is 6.08 Å². The van der Waals surface area contributed by atoms with Gasteiger partial charge in [0.05, 0.1) is 12.8 Å². The highest BCUT2D eigenvalue weighted by molar-refractivity contribution is 5.99. The zero-order valence-corrected chi connectivity index (χ0v) is 7.82. The van der Waals surface area contributed by atoms with Crippen molar-refractivity contribution >= 4 is 11.9 Å². The highest BCUT2D eigenvalue weighted by Gasteiger charge is 2.14. The first-order valence-electron chi connectivity index (χ1n) is 4.73. The number of hydrogen-bond donors (Lipinski definition) is 2. The number of ether oxygens (including phenoxy) is 1. The van der Waals surface area contributed by atoms with Crippen molar-refractivity contribution in [1.29, 1.82) is 0 Å². The minimum atomic E-state index is -0.166. The molecule has 0 aromatic carbocycles. The van der Waals surface area contributed by atoms with E-state index in [1.165, 1.54) is 0 Å². The highest BCUT2D eigenvalue weighted by Crippen LogP contribution is 2.08. The van der Waals surface area contributed by atoms with Gasteiger partial charge in [-0.15, -0.1) is 0 Å². The SMILES string of the molecule is O=C1NCCC(=NCC2CC=CO2)N1. The van der Waals surface area contributed by atoms with Crippen LogP contribution in [-0.2, 0) is 4.74 Å². The van der Waals surface area contributed by atoms with Crippen LogP contribution in [0.5, 0.6) is 0 Å². The Kier molecular flexibility index (Phi) is 2.67. The molecule has 0 radical (unpaired) electrons. The molecule has 0 bridgehead atoms. The monoisotopic (exact) mass is 195 g/mol. The molecule has 5 nitrogen and oxygen atoms in total. The van der Waals surface area contributed by atoms with Crippen LogP contribution >= 0.6 is 0 Å². The van der Waals surface area contributed by atoms with Gasteiger partial charge in [0.25, 0.3) is 0 Å². The summed E-state index contributed by atoms with van der Waals surface area (Å²) in [7, 11) is 0. The summed E-state index contributed by atoms with van der Waals surface area (Å²) in [5.74, 6) is 0.754. The minimum absolute atomic E-state index is 0.147. The average molecular weight is 195 g/mol. The lowest BCUT2D eigenvalue weighted by atomic mass is 10.2. The van der Waals surface area contributed by atoms with Gasteiger partial charge in [-0.2, -0.15) is 0 Å². The molecule has 2 aliphatic rings. The fourth-order valence-corrected chi connectivity index (χ4v) is 1.41. The van der Waals surface area contributed by atoms with Crippen molar-refractivity contribution in [3.8, 4) is 0 Å². The van der Waals surface area contributed by atoms with Crippen molar-refractivity contribution in [1.82, 2.24) is 10.6 Å². The van der Waals surface area contributed by atoms with Crippen LogP contribution in [0.15, 0.2) is 17.3 Å². The van der Waals surface area contributed by atoms with E-state index in [9.17, 15) is 4.79 Å². The maximum absolute atomic E-state index is 10.9. The van der Waals surface area contributed by atoms with Crippen LogP contribution in [0.2, 0.25) is 0 Å². The first-order chi connectivity index (χ1) is 6.84. The fraction of sp³-hybridized carbons (Fsp3) is 0.556. The quantitative estimate of drug-likeness (QED) is 0.669. The average Bonchev–Trinajstić information content (AvgIpc) is 2.67. The largest absolute Gasteiger partial charge is 0.496 e. The van der Waals surface area contributed by atoms with Gasteiger partial charge in [0.2, 0.25) is 0 Å². The Bertz CT molecular complexity index is 278. The van der Waals surface area contributed by atoms with Crippen LogP contribution in [0.3, 0.4) is 0 Å². The lowest BCUT2D eigenvalue weighted by molar-refractivity contribution is 0.178. The molecule has 5 heteroatoms. The second-order valence-electron chi connectivity index (χ2n) is 3.28. The first-order valence-corrected chi connectivity index (χ1v) is 4.73. The van der Waals surface area contributed by atoms with Crippen LogP contribution in [0.1, 0.15) is 12.8 Å². The van der Waals surface area contributed by atoms with E-state index in [0.717, 1.165) is 18.7 Å². The Labute approximate surface area is 82.2 Å². The van der Waals surface area contributed by atoms with E-state index >= 15 is 0 Å². The molecule has 14 heavy (non-hydrogen) atoms. The number of rotatable bonds is 2. The summed E-state index contributed by atoms with van der Waals surface area (Å²) in [6.07, 6.45) is 5.50. The van der Waals surface area contributed by atoms with Crippen molar-refractivity contribution in [2.75, 3.05) is 13.1 Å². The molecule has 2 aliphatic heterocycles. The minimum Gasteiger partial charge on any atom is -0.496 e. The fourth-order valence-electron chi connectivity index (χ4n) is 1.41. The van der Waals surface area contributed by atoms with Crippen LogP contribution in [0, 0.1) is 0 Å². The standard InChI is InChI=1S/C9H13N3O2/c13-9-10-4-3-8(12-9)11-6-7-2-1-5-14-7/h1,5,7H,2-4,6H2,(H2,10,11,12,13). The topological polar surface area (TPSA) is 62.7 Å². The first kappa shape index (κ1) is 9.05. The molecule has 0 spiro atoms. The Morgan fingerprint density at radius 1 is 1.64 bits per heavy atom. The summed E-state index contributed by atoms with van der Waals surface area (Å²) in [5, 5.41) is 5.33. The number of hydrogen-bond acceptors (Lipinski definition) is 3. The van der Waals surface area contributed by atoms with Gasteiger partial charge < -0.3 is 10.1 Å². The summed E-state index contributed by atoms with van der Waals surface area (Å²) >= 11 is 0. The second kappa shape index (κ2) is 4.13. The zero-order valence-electron chi connectivity index (χ0n) is 7.82. The lowest BCUT2D eigenvalue weighted by Gasteiger charge is -2.16. The molecule has 1 unspecified atom stereocenters. The molecule has 1 fully saturated rings. The van der Waals surface area contributed by atoms with Crippen LogP contribution in [-0.4, -0.2) is 31.1 Å². The number of amidine groups is 1. The van der Waals surface area contributed by atoms with E-state index in [4.69, 9.17) is 4.74 Å². The van der Waals surface area contributed by atoms with E-state index in [1.807, 2.05) is 6.08 Å². The number of carbonyl (C=O) groups excluding carboxylic acids is 1. The molecule has 2 N–H and O–H groups in total. The second-order valence-corrected chi connectivity index (χ2v) is 3.28. The lowest BCUT2D eigenvalue weighted by Crippen LogP contribution is -2.46. The Hall–Kier alpha value is -1.52. The Balaban J connectivity index is 1.81. The third-order valence-electron chi connectivity index (χ3n) is 2.16. The van der Waals surface area contributed by atoms with Crippen molar-refractivity contribution in [2.45, 2.75) is 18.9 Å². The summed E-state index contributed by atoms with van der Waals surface area (Å²) in [4.78, 5) is 15.2. The number of aliphatic imine (C=N–C) groups is 1. The van der Waals surface area contributed by atoms with Gasteiger partial charge in [-0.3, -0.25) is 10.3 Å². The molecule has 2 rings (SSSR count). The highest BCUT2D eigenvalue weighted by atomic mass is 16.5. The number of urea groups is 1. The van der Waals surface area contributed by atoms with Gasteiger partial charge in [0.15, 0.2) is 0 Å². The van der Waals surface area contributed by atoms with E-state index in [-0.39, 0.29) is 12.1 Å². The van der Waals surface area contributed by atoms with Gasteiger partial charge in [0, 0.05) is 19.4 Å². The smallest absolute Gasteiger partial charge is 0.320 e. The van der Waals surface area contributed by atoms with Gasteiger partial charge in [-0.1, -0.05) is 0 Å². The van der Waals surface area contributed by atoms with Crippen molar-refractivity contribution in [2.24, 2.45) is 4.99 Å². The number of carbonyl (C=O) groups is 1. The van der Waals surface area contributed by atoms with Crippen LogP contribution in [0.25, 0.3) is 0 Å². The van der Waals surface area contributed by atoms with Crippen LogP contribution in [0.4, 0.5) is 4.79 Å². The summed E-state index contributed by atoms with van der Waals surface area (Å²) in [6.45, 7) is 1.27. The summed E-state index contributed by atoms with van der Waals surface area (Å²) in [6, 6.07) is -0.166. The molecule has 2 amide bonds. The molecular weight excluding hydrogens is 182 g/mol. The van der Waals surface area contributed by atoms with Gasteiger partial charge in [-0.25, -0.2) is 4.79 Å². The zero-order chi connectivity index (χ0) is 9.80. The molecular formula is C9H13N3O2. The van der Waals surface area contributed by atoms with E-state index in [1.54, 1.807) is 6.26 Å². The molecule has 1 saturated heterocycles. The number of nitrogens with one attached hydrogen (secondary N) is 2. The molecule has 2 heterocycles. The molecule has 76 valence electrons. The predicted octanol–water partition coefficient (Wildman–Crippen LogP) is 0.390. The maximum atomic E-state index is 10.9. The van der Waals surface area contributed by atoms with E-state index in [0.29, 0.717) is 13.1 Å². The van der Waals surface area contributed by atoms with E-state index in [2.05, 4.69) is 15.6 Å². The Morgan fingerprint density at radius 3 is 3.29 bits per heavy atom. The normalized spacial score (nSPS) is 28.4. The maximum Gasteiger partial charge on any atom is 0.320 e. The van der Waals surface area contributed by atoms with Crippen molar-refractivity contribution < 1.29 is 9.53 Å². The summed E-state index contributed by atoms with van der Waals surface area (Å²) in [5.41, 5.74) is 0. The molecule has 0 aliphatic carbocycles. The van der Waals surface area contributed by atoms with Gasteiger partial charge >= 0.3 is 6.03 Å². The number of amides is 2. The van der Waals surface area contributed by atoms with Crippen molar-refractivity contribution in [3.63, 3.8) is 0 Å². The summed E-state index contributed by atoms with van der Waals surface area (Å²) < 4.78 is 5.25. The molecule has 0 aromatic heterocycles.